The minimum absolute atomic E-state index is 0.0759. The number of hydrogen-bond acceptors (Lipinski definition) is 5. The molecule has 0 N–H and O–H groups in total. The summed E-state index contributed by atoms with van der Waals surface area (Å²) in [4.78, 5) is 22.7. The Morgan fingerprint density at radius 1 is 1.26 bits per heavy atom. The molecule has 5 rings (SSSR count). The molecule has 1 spiro atoms. The summed E-state index contributed by atoms with van der Waals surface area (Å²) in [5.41, 5.74) is 0.797. The van der Waals surface area contributed by atoms with Crippen molar-refractivity contribution >= 4 is 28.8 Å². The number of nitrogens with zero attached hydrogens (tertiary/aromatic N) is 3. The van der Waals surface area contributed by atoms with Gasteiger partial charge in [0.1, 0.15) is 5.01 Å². The summed E-state index contributed by atoms with van der Waals surface area (Å²) in [7, 11) is 0. The van der Waals surface area contributed by atoms with Gasteiger partial charge in [-0.1, -0.05) is 23.7 Å². The van der Waals surface area contributed by atoms with Gasteiger partial charge in [0.2, 0.25) is 5.91 Å². The third-order valence-electron chi connectivity index (χ3n) is 6.86. The topological polar surface area (TPSA) is 45.7 Å². The molecular weight excluding hydrogens is 430 g/mol. The van der Waals surface area contributed by atoms with Gasteiger partial charge in [0.15, 0.2) is 0 Å². The van der Waals surface area contributed by atoms with Gasteiger partial charge < -0.3 is 9.64 Å². The van der Waals surface area contributed by atoms with Gasteiger partial charge in [0, 0.05) is 36.2 Å². The summed E-state index contributed by atoms with van der Waals surface area (Å²) in [6.45, 7) is 4.86. The number of halogens is 1. The summed E-state index contributed by atoms with van der Waals surface area (Å²) in [6, 6.07) is 7.85. The summed E-state index contributed by atoms with van der Waals surface area (Å²) in [5.74, 6) is 1.04. The van der Waals surface area contributed by atoms with Crippen LogP contribution in [0.5, 0.6) is 0 Å². The second-order valence-electron chi connectivity index (χ2n) is 9.44. The molecule has 1 aromatic carbocycles. The number of benzene rings is 1. The van der Waals surface area contributed by atoms with Crippen LogP contribution in [0.25, 0.3) is 0 Å². The number of ether oxygens (including phenoxy) is 1. The van der Waals surface area contributed by atoms with Crippen molar-refractivity contribution in [1.82, 2.24) is 14.8 Å². The summed E-state index contributed by atoms with van der Waals surface area (Å²) in [6.07, 6.45) is 7.28. The fourth-order valence-electron chi connectivity index (χ4n) is 5.15. The first kappa shape index (κ1) is 21.4. The number of aromatic nitrogens is 1. The zero-order valence-electron chi connectivity index (χ0n) is 17.8. The molecule has 2 aromatic rings. The van der Waals surface area contributed by atoms with Crippen LogP contribution in [0.4, 0.5) is 0 Å². The zero-order chi connectivity index (χ0) is 21.3. The minimum Gasteiger partial charge on any atom is -0.372 e. The molecule has 1 saturated carbocycles. The van der Waals surface area contributed by atoms with E-state index < -0.39 is 0 Å². The summed E-state index contributed by atoms with van der Waals surface area (Å²) >= 11 is 7.71. The molecule has 0 unspecified atom stereocenters. The predicted molar refractivity (Wildman–Crippen MR) is 123 cm³/mol. The molecule has 1 aromatic heterocycles. The van der Waals surface area contributed by atoms with Crippen LogP contribution in [0, 0.1) is 11.3 Å². The Morgan fingerprint density at radius 3 is 2.84 bits per heavy atom. The maximum Gasteiger partial charge on any atom is 0.230 e. The third kappa shape index (κ3) is 5.14. The van der Waals surface area contributed by atoms with Gasteiger partial charge in [-0.05, 0) is 62.3 Å². The molecule has 2 aliphatic heterocycles. The molecule has 7 heteroatoms. The van der Waals surface area contributed by atoms with Gasteiger partial charge in [-0.3, -0.25) is 9.69 Å². The Kier molecular flexibility index (Phi) is 6.33. The van der Waals surface area contributed by atoms with E-state index in [-0.39, 0.29) is 11.5 Å². The molecule has 2 atom stereocenters. The maximum absolute atomic E-state index is 13.7. The first-order chi connectivity index (χ1) is 15.1. The number of piperidine rings is 2. The molecule has 0 radical (unpaired) electrons. The highest BCUT2D eigenvalue weighted by molar-refractivity contribution is 7.09. The monoisotopic (exact) mass is 459 g/mol. The van der Waals surface area contributed by atoms with Crippen molar-refractivity contribution in [3.63, 3.8) is 0 Å². The molecule has 0 bridgehead atoms. The maximum atomic E-state index is 13.7. The molecular formula is C24H30ClN3O2S. The van der Waals surface area contributed by atoms with E-state index in [0.717, 1.165) is 67.6 Å². The number of carbonyl (C=O) groups is 1. The Labute approximate surface area is 193 Å². The van der Waals surface area contributed by atoms with Gasteiger partial charge in [-0.15, -0.1) is 11.3 Å². The van der Waals surface area contributed by atoms with Gasteiger partial charge in [-0.25, -0.2) is 4.98 Å². The van der Waals surface area contributed by atoms with Crippen LogP contribution in [0.2, 0.25) is 5.02 Å². The van der Waals surface area contributed by atoms with Gasteiger partial charge >= 0.3 is 0 Å². The van der Waals surface area contributed by atoms with Gasteiger partial charge in [-0.2, -0.15) is 0 Å². The van der Waals surface area contributed by atoms with Crippen LogP contribution in [-0.4, -0.2) is 53.0 Å². The highest BCUT2D eigenvalue weighted by atomic mass is 35.5. The molecule has 3 heterocycles. The third-order valence-corrected chi connectivity index (χ3v) is 7.87. The van der Waals surface area contributed by atoms with Crippen LogP contribution < -0.4 is 0 Å². The molecule has 166 valence electrons. The molecule has 31 heavy (non-hydrogen) atoms. The highest BCUT2D eigenvalue weighted by Gasteiger charge is 2.50. The largest absolute Gasteiger partial charge is 0.372 e. The van der Waals surface area contributed by atoms with E-state index in [0.29, 0.717) is 18.4 Å². The van der Waals surface area contributed by atoms with Crippen molar-refractivity contribution in [1.29, 1.82) is 0 Å². The van der Waals surface area contributed by atoms with E-state index >= 15 is 0 Å². The first-order valence-electron chi connectivity index (χ1n) is 11.4. The Hall–Kier alpha value is -1.47. The van der Waals surface area contributed by atoms with Crippen molar-refractivity contribution < 1.29 is 9.53 Å². The minimum atomic E-state index is -0.326. The van der Waals surface area contributed by atoms with Crippen LogP contribution in [0.3, 0.4) is 0 Å². The average molecular weight is 460 g/mol. The van der Waals surface area contributed by atoms with E-state index in [1.54, 1.807) is 11.3 Å². The number of amides is 1. The van der Waals surface area contributed by atoms with E-state index in [9.17, 15) is 4.79 Å². The van der Waals surface area contributed by atoms with Gasteiger partial charge in [0.05, 0.1) is 24.7 Å². The van der Waals surface area contributed by atoms with Crippen molar-refractivity contribution in [3.05, 3.63) is 51.4 Å². The number of hydrogen-bond donors (Lipinski definition) is 0. The number of carbonyl (C=O) groups excluding carboxylic acids is 1. The Morgan fingerprint density at radius 2 is 2.10 bits per heavy atom. The predicted octanol–water partition coefficient (Wildman–Crippen LogP) is 4.61. The smallest absolute Gasteiger partial charge is 0.230 e. The van der Waals surface area contributed by atoms with Crippen molar-refractivity contribution in [2.75, 3.05) is 26.2 Å². The lowest BCUT2D eigenvalue weighted by Crippen LogP contribution is -2.60. The van der Waals surface area contributed by atoms with Gasteiger partial charge in [0.25, 0.3) is 0 Å². The first-order valence-corrected chi connectivity index (χ1v) is 12.6. The van der Waals surface area contributed by atoms with Crippen LogP contribution >= 0.6 is 22.9 Å². The van der Waals surface area contributed by atoms with E-state index in [1.807, 2.05) is 35.8 Å². The SMILES string of the molecule is O=C1N(CC2CC2)C[C@@H](OCc2ccc(Cl)cc2)C[C@@]12CCCN(Cc1nccs1)C2. The average Bonchev–Trinajstić information content (AvgIpc) is 3.44. The highest BCUT2D eigenvalue weighted by Crippen LogP contribution is 2.42. The quantitative estimate of drug-likeness (QED) is 0.606. The summed E-state index contributed by atoms with van der Waals surface area (Å²) in [5, 5.41) is 3.90. The fourth-order valence-corrected chi connectivity index (χ4v) is 5.94. The van der Waals surface area contributed by atoms with Crippen molar-refractivity contribution in [2.45, 2.75) is 51.4 Å². The molecule has 3 fully saturated rings. The fraction of sp³-hybridized carbons (Fsp3) is 0.583. The second-order valence-corrected chi connectivity index (χ2v) is 10.9. The molecule has 1 aliphatic carbocycles. The standard InChI is InChI=1S/C24H30ClN3O2S/c25-20-6-4-19(5-7-20)16-30-21-12-24(23(29)28(14-21)13-18-2-3-18)8-1-10-27(17-24)15-22-26-9-11-31-22/h4-7,9,11,18,21H,1-3,8,10,12-17H2/t21-,24+/m0/s1. The van der Waals surface area contributed by atoms with E-state index in [4.69, 9.17) is 16.3 Å². The number of thiazole rings is 1. The van der Waals surface area contributed by atoms with Crippen molar-refractivity contribution in [2.24, 2.45) is 11.3 Å². The zero-order valence-corrected chi connectivity index (χ0v) is 19.4. The van der Waals surface area contributed by atoms with E-state index in [1.165, 1.54) is 12.8 Å². The molecule has 2 saturated heterocycles. The van der Waals surface area contributed by atoms with Crippen LogP contribution in [0.1, 0.15) is 42.7 Å². The lowest BCUT2D eigenvalue weighted by atomic mass is 9.72. The Balaban J connectivity index is 1.30. The van der Waals surface area contributed by atoms with Crippen LogP contribution in [-0.2, 0) is 22.7 Å². The Bertz CT molecular complexity index is 887. The van der Waals surface area contributed by atoms with Crippen molar-refractivity contribution in [3.8, 4) is 0 Å². The lowest BCUT2D eigenvalue weighted by Gasteiger charge is -2.49. The van der Waals surface area contributed by atoms with E-state index in [2.05, 4.69) is 14.8 Å². The normalized spacial score (nSPS) is 27.2. The molecule has 3 aliphatic rings. The lowest BCUT2D eigenvalue weighted by molar-refractivity contribution is -0.161. The molecule has 1 amide bonds. The second kappa shape index (κ2) is 9.18. The number of likely N-dealkylation sites (tertiary alicyclic amines) is 2. The number of rotatable bonds is 7. The molecule has 5 nitrogen and oxygen atoms in total. The summed E-state index contributed by atoms with van der Waals surface area (Å²) < 4.78 is 6.39. The van der Waals surface area contributed by atoms with Crippen LogP contribution in [0.15, 0.2) is 35.8 Å².